The predicted octanol–water partition coefficient (Wildman–Crippen LogP) is 3.03. The summed E-state index contributed by atoms with van der Waals surface area (Å²) in [6, 6.07) is 5.65. The smallest absolute Gasteiger partial charge is 0.259 e. The largest absolute Gasteiger partial charge is 0.478 e. The lowest BCUT2D eigenvalue weighted by Crippen LogP contribution is -2.66. The van der Waals surface area contributed by atoms with Crippen molar-refractivity contribution in [1.29, 1.82) is 0 Å². The Balaban J connectivity index is 1.34. The third kappa shape index (κ3) is 3.51. The summed E-state index contributed by atoms with van der Waals surface area (Å²) in [4.78, 5) is 19.0. The molecule has 150 valence electrons. The van der Waals surface area contributed by atoms with Gasteiger partial charge < -0.3 is 18.9 Å². The Morgan fingerprint density at radius 1 is 1.39 bits per heavy atom. The van der Waals surface area contributed by atoms with Gasteiger partial charge in [-0.15, -0.1) is 0 Å². The van der Waals surface area contributed by atoms with Crippen LogP contribution in [0.4, 0.5) is 0 Å². The van der Waals surface area contributed by atoms with Crippen LogP contribution < -0.4 is 4.74 Å². The normalized spacial score (nSPS) is 20.4. The van der Waals surface area contributed by atoms with E-state index in [1.807, 2.05) is 30.0 Å². The van der Waals surface area contributed by atoms with Crippen LogP contribution >= 0.6 is 0 Å². The van der Waals surface area contributed by atoms with Gasteiger partial charge in [-0.3, -0.25) is 4.79 Å². The summed E-state index contributed by atoms with van der Waals surface area (Å²) in [6.45, 7) is 6.48. The lowest BCUT2D eigenvalue weighted by atomic mass is 9.78. The zero-order chi connectivity index (χ0) is 19.6. The molecule has 4 heterocycles. The van der Waals surface area contributed by atoms with E-state index >= 15 is 0 Å². The molecule has 2 aromatic rings. The number of carbonyl (C=O) groups is 1. The molecule has 0 saturated carbocycles. The van der Waals surface area contributed by atoms with E-state index in [1.54, 1.807) is 6.20 Å². The minimum Gasteiger partial charge on any atom is -0.478 e. The number of likely N-dealkylation sites (tertiary alicyclic amines) is 1. The van der Waals surface area contributed by atoms with Crippen LogP contribution in [0, 0.1) is 12.8 Å². The van der Waals surface area contributed by atoms with Gasteiger partial charge in [0.25, 0.3) is 5.91 Å². The topological polar surface area (TPSA) is 77.7 Å². The molecule has 28 heavy (non-hydrogen) atoms. The van der Waals surface area contributed by atoms with Gasteiger partial charge in [-0.2, -0.15) is 0 Å². The maximum atomic E-state index is 13.0. The number of carbonyl (C=O) groups excluding carboxylic acids is 1. The third-order valence-corrected chi connectivity index (χ3v) is 5.78. The van der Waals surface area contributed by atoms with E-state index in [0.717, 1.165) is 32.3 Å². The molecule has 0 aromatic carbocycles. The van der Waals surface area contributed by atoms with Crippen LogP contribution in [0.25, 0.3) is 0 Å². The van der Waals surface area contributed by atoms with Crippen LogP contribution in [0.15, 0.2) is 28.9 Å². The average Bonchev–Trinajstić information content (AvgIpc) is 3.25. The summed E-state index contributed by atoms with van der Waals surface area (Å²) in [5.74, 6) is 1.73. The number of rotatable bonds is 7. The molecule has 7 nitrogen and oxygen atoms in total. The number of amides is 1. The second-order valence-electron chi connectivity index (χ2n) is 7.68. The molecule has 0 aliphatic carbocycles. The Labute approximate surface area is 165 Å². The van der Waals surface area contributed by atoms with Gasteiger partial charge in [0.2, 0.25) is 5.88 Å². The van der Waals surface area contributed by atoms with Gasteiger partial charge in [0.15, 0.2) is 0 Å². The Kier molecular flexibility index (Phi) is 5.35. The monoisotopic (exact) mass is 385 g/mol. The molecule has 2 aliphatic rings. The number of ether oxygens (including phenoxy) is 2. The zero-order valence-corrected chi connectivity index (χ0v) is 16.5. The van der Waals surface area contributed by atoms with Gasteiger partial charge >= 0.3 is 0 Å². The predicted molar refractivity (Wildman–Crippen MR) is 102 cm³/mol. The third-order valence-electron chi connectivity index (χ3n) is 5.78. The van der Waals surface area contributed by atoms with Crippen LogP contribution in [0.1, 0.15) is 48.0 Å². The van der Waals surface area contributed by atoms with Crippen molar-refractivity contribution in [3.63, 3.8) is 0 Å². The summed E-state index contributed by atoms with van der Waals surface area (Å²) < 4.78 is 17.2. The second-order valence-corrected chi connectivity index (χ2v) is 7.68. The van der Waals surface area contributed by atoms with E-state index in [4.69, 9.17) is 14.0 Å². The van der Waals surface area contributed by atoms with E-state index in [9.17, 15) is 4.79 Å². The van der Waals surface area contributed by atoms with Crippen molar-refractivity contribution < 1.29 is 18.8 Å². The molecule has 0 N–H and O–H groups in total. The fourth-order valence-electron chi connectivity index (χ4n) is 4.27. The SMILES string of the molecule is CCCc1onc(C)c1C(=O)N1CC2(C1)OCC[C@H]2CCOc1ccccn1. The number of aryl methyl sites for hydroxylation is 2. The molecule has 1 amide bonds. The highest BCUT2D eigenvalue weighted by atomic mass is 16.5. The van der Waals surface area contributed by atoms with Crippen LogP contribution in [0.5, 0.6) is 5.88 Å². The van der Waals surface area contributed by atoms with E-state index in [1.165, 1.54) is 0 Å². The lowest BCUT2D eigenvalue weighted by molar-refractivity contribution is -0.119. The van der Waals surface area contributed by atoms with Crippen molar-refractivity contribution in [2.75, 3.05) is 26.3 Å². The molecule has 2 fully saturated rings. The summed E-state index contributed by atoms with van der Waals surface area (Å²) in [5, 5.41) is 3.99. The van der Waals surface area contributed by atoms with Gasteiger partial charge in [0, 0.05) is 25.3 Å². The van der Waals surface area contributed by atoms with Crippen LogP contribution in [0.3, 0.4) is 0 Å². The van der Waals surface area contributed by atoms with Gasteiger partial charge in [0.05, 0.1) is 25.4 Å². The fraction of sp³-hybridized carbons (Fsp3) is 0.571. The van der Waals surface area contributed by atoms with Gasteiger partial charge in [0.1, 0.15) is 16.9 Å². The Morgan fingerprint density at radius 3 is 3.00 bits per heavy atom. The van der Waals surface area contributed by atoms with E-state index in [2.05, 4.69) is 17.1 Å². The van der Waals surface area contributed by atoms with Gasteiger partial charge in [-0.05, 0) is 38.2 Å². The van der Waals surface area contributed by atoms with Crippen LogP contribution in [-0.2, 0) is 11.2 Å². The van der Waals surface area contributed by atoms with E-state index < -0.39 is 0 Å². The second kappa shape index (κ2) is 7.91. The number of pyridine rings is 1. The summed E-state index contributed by atoms with van der Waals surface area (Å²) in [6.07, 6.45) is 5.27. The first kappa shape index (κ1) is 18.9. The first-order chi connectivity index (χ1) is 13.6. The molecule has 1 atom stereocenters. The van der Waals surface area contributed by atoms with Crippen LogP contribution in [0.2, 0.25) is 0 Å². The Hall–Kier alpha value is -2.41. The van der Waals surface area contributed by atoms with Crippen molar-refractivity contribution in [1.82, 2.24) is 15.0 Å². The van der Waals surface area contributed by atoms with Crippen molar-refractivity contribution in [3.8, 4) is 5.88 Å². The summed E-state index contributed by atoms with van der Waals surface area (Å²) in [7, 11) is 0. The minimum absolute atomic E-state index is 0.00631. The molecule has 1 spiro atoms. The highest BCUT2D eigenvalue weighted by Crippen LogP contribution is 2.42. The first-order valence-corrected chi connectivity index (χ1v) is 10.0. The van der Waals surface area contributed by atoms with E-state index in [-0.39, 0.29) is 11.5 Å². The zero-order valence-electron chi connectivity index (χ0n) is 16.5. The summed E-state index contributed by atoms with van der Waals surface area (Å²) >= 11 is 0. The minimum atomic E-state index is -0.237. The number of nitrogens with zero attached hydrogens (tertiary/aromatic N) is 3. The molecule has 4 rings (SSSR count). The van der Waals surface area contributed by atoms with Crippen molar-refractivity contribution in [2.45, 2.75) is 45.1 Å². The van der Waals surface area contributed by atoms with E-state index in [0.29, 0.717) is 48.5 Å². The molecule has 2 aromatic heterocycles. The Bertz CT molecular complexity index is 814. The molecule has 2 saturated heterocycles. The van der Waals surface area contributed by atoms with Crippen molar-refractivity contribution in [3.05, 3.63) is 41.4 Å². The van der Waals surface area contributed by atoms with Gasteiger partial charge in [-0.25, -0.2) is 4.98 Å². The number of hydrogen-bond donors (Lipinski definition) is 0. The molecule has 0 bridgehead atoms. The summed E-state index contributed by atoms with van der Waals surface area (Å²) in [5.41, 5.74) is 1.06. The highest BCUT2D eigenvalue weighted by Gasteiger charge is 2.54. The standard InChI is InChI=1S/C21H27N3O4/c1-3-6-17-19(15(2)23-28-17)20(25)24-13-21(14-24)16(9-12-27-21)8-11-26-18-7-4-5-10-22-18/h4-5,7,10,16H,3,6,8-9,11-14H2,1-2H3/t16-/m1/s1. The molecule has 7 heteroatoms. The molecule has 2 aliphatic heterocycles. The fourth-order valence-corrected chi connectivity index (χ4v) is 4.27. The lowest BCUT2D eigenvalue weighted by Gasteiger charge is -2.50. The quantitative estimate of drug-likeness (QED) is 0.729. The maximum absolute atomic E-state index is 13.0. The first-order valence-electron chi connectivity index (χ1n) is 10.0. The highest BCUT2D eigenvalue weighted by molar-refractivity contribution is 5.96. The van der Waals surface area contributed by atoms with Crippen molar-refractivity contribution in [2.24, 2.45) is 5.92 Å². The van der Waals surface area contributed by atoms with Crippen molar-refractivity contribution >= 4 is 5.91 Å². The molecule has 0 radical (unpaired) electrons. The number of aromatic nitrogens is 2. The molecular weight excluding hydrogens is 358 g/mol. The molecular formula is C21H27N3O4. The van der Waals surface area contributed by atoms with Gasteiger partial charge in [-0.1, -0.05) is 18.1 Å². The average molecular weight is 385 g/mol. The van der Waals surface area contributed by atoms with Crippen LogP contribution in [-0.4, -0.2) is 52.9 Å². The maximum Gasteiger partial charge on any atom is 0.259 e. The Morgan fingerprint density at radius 2 is 2.25 bits per heavy atom. The number of hydrogen-bond acceptors (Lipinski definition) is 6. The molecule has 0 unspecified atom stereocenters.